The van der Waals surface area contributed by atoms with E-state index in [4.69, 9.17) is 0 Å². The van der Waals surface area contributed by atoms with Crippen molar-refractivity contribution in [1.82, 2.24) is 5.32 Å². The minimum Gasteiger partial charge on any atom is -0.313 e. The lowest BCUT2D eigenvalue weighted by molar-refractivity contribution is 0.351. The van der Waals surface area contributed by atoms with E-state index in [9.17, 15) is 8.42 Å². The summed E-state index contributed by atoms with van der Waals surface area (Å²) < 4.78 is 23.6. The molecule has 0 aromatic heterocycles. The first-order valence-electron chi connectivity index (χ1n) is 7.34. The van der Waals surface area contributed by atoms with Crippen LogP contribution in [0.5, 0.6) is 0 Å². The van der Waals surface area contributed by atoms with Gasteiger partial charge in [0.2, 0.25) is 0 Å². The van der Waals surface area contributed by atoms with Crippen molar-refractivity contribution in [2.75, 3.05) is 19.1 Å². The molecule has 3 nitrogen and oxygen atoms in total. The normalized spacial score (nSPS) is 25.5. The van der Waals surface area contributed by atoms with Crippen molar-refractivity contribution in [1.29, 1.82) is 0 Å². The first-order chi connectivity index (χ1) is 8.87. The van der Waals surface area contributed by atoms with Gasteiger partial charge >= 0.3 is 0 Å². The highest BCUT2D eigenvalue weighted by atomic mass is 32.2. The maximum Gasteiger partial charge on any atom is 0.150 e. The van der Waals surface area contributed by atoms with Gasteiger partial charge in [-0.2, -0.15) is 11.8 Å². The van der Waals surface area contributed by atoms with Gasteiger partial charge in [-0.1, -0.05) is 20.3 Å². The summed E-state index contributed by atoms with van der Waals surface area (Å²) in [5, 5.41) is 3.50. The Bertz CT molecular complexity index is 355. The Balaban J connectivity index is 2.53. The van der Waals surface area contributed by atoms with Crippen LogP contribution in [0.25, 0.3) is 0 Å². The molecule has 0 aromatic rings. The number of hydrogen-bond acceptors (Lipinski definition) is 4. The molecule has 0 spiro atoms. The average Bonchev–Trinajstić information content (AvgIpc) is 2.40. The van der Waals surface area contributed by atoms with Crippen molar-refractivity contribution in [3.8, 4) is 0 Å². The molecule has 0 radical (unpaired) electrons. The summed E-state index contributed by atoms with van der Waals surface area (Å²) in [5.74, 6) is 0. The number of thioether (sulfide) groups is 1. The predicted molar refractivity (Wildman–Crippen MR) is 85.7 cm³/mol. The van der Waals surface area contributed by atoms with Gasteiger partial charge in [0.15, 0.2) is 0 Å². The molecule has 5 heteroatoms. The van der Waals surface area contributed by atoms with E-state index in [1.165, 1.54) is 6.26 Å². The Morgan fingerprint density at radius 3 is 2.37 bits per heavy atom. The molecule has 2 atom stereocenters. The highest BCUT2D eigenvalue weighted by molar-refractivity contribution is 8.00. The highest BCUT2D eigenvalue weighted by Gasteiger charge is 2.31. The van der Waals surface area contributed by atoms with Gasteiger partial charge in [-0.15, -0.1) is 0 Å². The van der Waals surface area contributed by atoms with Crippen LogP contribution in [0.4, 0.5) is 0 Å². The van der Waals surface area contributed by atoms with Gasteiger partial charge < -0.3 is 5.32 Å². The molecule has 1 aliphatic carbocycles. The van der Waals surface area contributed by atoms with Crippen LogP contribution < -0.4 is 5.32 Å². The SMILES string of the molecule is CCC(CC)(CNC1CCCC(S(C)(=O)=O)C1)SC. The summed E-state index contributed by atoms with van der Waals surface area (Å²) in [5.41, 5.74) is 0. The minimum atomic E-state index is -2.87. The summed E-state index contributed by atoms with van der Waals surface area (Å²) in [6.07, 6.45) is 9.63. The summed E-state index contributed by atoms with van der Waals surface area (Å²) >= 11 is 1.93. The van der Waals surface area contributed by atoms with Crippen LogP contribution in [-0.2, 0) is 9.84 Å². The standard InChI is InChI=1S/C14H29NO2S2/c1-5-14(6-2,18-3)11-15-12-8-7-9-13(10-12)19(4,16)17/h12-13,15H,5-11H2,1-4H3. The molecule has 0 aromatic carbocycles. The van der Waals surface area contributed by atoms with Crippen molar-refractivity contribution in [3.63, 3.8) is 0 Å². The molecule has 0 aliphatic heterocycles. The molecule has 0 heterocycles. The number of nitrogens with one attached hydrogen (secondary N) is 1. The lowest BCUT2D eigenvalue weighted by atomic mass is 9.93. The van der Waals surface area contributed by atoms with Gasteiger partial charge in [0, 0.05) is 23.6 Å². The molecule has 1 aliphatic rings. The predicted octanol–water partition coefficient (Wildman–Crippen LogP) is 2.85. The van der Waals surface area contributed by atoms with Crippen LogP contribution in [0.3, 0.4) is 0 Å². The van der Waals surface area contributed by atoms with E-state index in [1.807, 2.05) is 11.8 Å². The van der Waals surface area contributed by atoms with Crippen molar-refractivity contribution in [3.05, 3.63) is 0 Å². The van der Waals surface area contributed by atoms with Crippen LogP contribution in [0.2, 0.25) is 0 Å². The quantitative estimate of drug-likeness (QED) is 0.785. The molecular formula is C14H29NO2S2. The molecule has 2 unspecified atom stereocenters. The molecule has 0 bridgehead atoms. The average molecular weight is 308 g/mol. The van der Waals surface area contributed by atoms with E-state index in [0.29, 0.717) is 10.8 Å². The molecule has 0 amide bonds. The molecule has 1 fully saturated rings. The van der Waals surface area contributed by atoms with Crippen LogP contribution in [0.1, 0.15) is 52.4 Å². The summed E-state index contributed by atoms with van der Waals surface area (Å²) in [6.45, 7) is 5.46. The maximum absolute atomic E-state index is 11.7. The molecule has 0 saturated heterocycles. The van der Waals surface area contributed by atoms with E-state index in [-0.39, 0.29) is 5.25 Å². The zero-order valence-corrected chi connectivity index (χ0v) is 14.4. The van der Waals surface area contributed by atoms with Gasteiger partial charge in [-0.25, -0.2) is 8.42 Å². The molecule has 19 heavy (non-hydrogen) atoms. The molecule has 1 saturated carbocycles. The topological polar surface area (TPSA) is 46.2 Å². The van der Waals surface area contributed by atoms with Crippen LogP contribution in [0.15, 0.2) is 0 Å². The van der Waals surface area contributed by atoms with Crippen LogP contribution >= 0.6 is 11.8 Å². The highest BCUT2D eigenvalue weighted by Crippen LogP contribution is 2.31. The molecular weight excluding hydrogens is 278 g/mol. The second-order valence-corrected chi connectivity index (χ2v) is 9.39. The Labute approximate surface area is 123 Å². The van der Waals surface area contributed by atoms with Crippen molar-refractivity contribution >= 4 is 21.6 Å². The third-order valence-corrected chi connectivity index (χ3v) is 7.89. The van der Waals surface area contributed by atoms with Crippen molar-refractivity contribution < 1.29 is 8.42 Å². The number of hydrogen-bond donors (Lipinski definition) is 1. The molecule has 1 N–H and O–H groups in total. The van der Waals surface area contributed by atoms with Crippen molar-refractivity contribution in [2.45, 2.75) is 68.4 Å². The van der Waals surface area contributed by atoms with Gasteiger partial charge in [0.25, 0.3) is 0 Å². The maximum atomic E-state index is 11.7. The summed E-state index contributed by atoms with van der Waals surface area (Å²) in [6, 6.07) is 0.373. The number of rotatable bonds is 7. The first kappa shape index (κ1) is 17.3. The lowest BCUT2D eigenvalue weighted by Crippen LogP contribution is -2.45. The molecule has 114 valence electrons. The van der Waals surface area contributed by atoms with E-state index >= 15 is 0 Å². The summed E-state index contributed by atoms with van der Waals surface area (Å²) in [7, 11) is -2.87. The van der Waals surface area contributed by atoms with Gasteiger partial charge in [-0.3, -0.25) is 0 Å². The van der Waals surface area contributed by atoms with Crippen molar-refractivity contribution in [2.24, 2.45) is 0 Å². The Kier molecular flexibility index (Phi) is 6.67. The smallest absolute Gasteiger partial charge is 0.150 e. The zero-order valence-electron chi connectivity index (χ0n) is 12.7. The Hall–Kier alpha value is 0.260. The second kappa shape index (κ2) is 7.32. The Morgan fingerprint density at radius 1 is 1.26 bits per heavy atom. The Morgan fingerprint density at radius 2 is 1.89 bits per heavy atom. The first-order valence-corrected chi connectivity index (χ1v) is 10.5. The monoisotopic (exact) mass is 307 g/mol. The fourth-order valence-electron chi connectivity index (χ4n) is 2.91. The minimum absolute atomic E-state index is 0.134. The van der Waals surface area contributed by atoms with Gasteiger partial charge in [0.1, 0.15) is 9.84 Å². The second-order valence-electron chi connectivity index (χ2n) is 5.79. The van der Waals surface area contributed by atoms with Gasteiger partial charge in [0.05, 0.1) is 5.25 Å². The largest absolute Gasteiger partial charge is 0.313 e. The van der Waals surface area contributed by atoms with Gasteiger partial charge in [-0.05, 0) is 38.4 Å². The van der Waals surface area contributed by atoms with E-state index < -0.39 is 9.84 Å². The third kappa shape index (κ3) is 4.94. The van der Waals surface area contributed by atoms with E-state index in [0.717, 1.165) is 45.1 Å². The molecule has 1 rings (SSSR count). The van der Waals surface area contributed by atoms with E-state index in [1.54, 1.807) is 0 Å². The fourth-order valence-corrected chi connectivity index (χ4v) is 4.89. The van der Waals surface area contributed by atoms with Crippen LogP contribution in [0, 0.1) is 0 Å². The summed E-state index contributed by atoms with van der Waals surface area (Å²) in [4.78, 5) is 0. The number of sulfone groups is 1. The lowest BCUT2D eigenvalue weighted by Gasteiger charge is -2.35. The third-order valence-electron chi connectivity index (χ3n) is 4.67. The fraction of sp³-hybridized carbons (Fsp3) is 1.00. The zero-order chi connectivity index (χ0) is 14.5. The van der Waals surface area contributed by atoms with E-state index in [2.05, 4.69) is 25.4 Å². The van der Waals surface area contributed by atoms with Crippen LogP contribution in [-0.4, -0.2) is 43.5 Å².